The minimum Gasteiger partial charge on any atom is -0.493 e. The van der Waals surface area contributed by atoms with Crippen LogP contribution in [0.15, 0.2) is 34.7 Å². The Morgan fingerprint density at radius 3 is 2.18 bits per heavy atom. The zero-order valence-electron chi connectivity index (χ0n) is 13.0. The summed E-state index contributed by atoms with van der Waals surface area (Å²) in [5.41, 5.74) is 3.46. The second-order valence-electron chi connectivity index (χ2n) is 4.90. The van der Waals surface area contributed by atoms with Crippen LogP contribution in [0.25, 0.3) is 22.6 Å². The molecular formula is C17H17NO4. The lowest BCUT2D eigenvalue weighted by Gasteiger charge is -2.12. The molecule has 0 spiro atoms. The van der Waals surface area contributed by atoms with E-state index in [9.17, 15) is 0 Å². The Kier molecular flexibility index (Phi) is 3.63. The summed E-state index contributed by atoms with van der Waals surface area (Å²) in [6.45, 7) is 2.01. The minimum absolute atomic E-state index is 0.514. The maximum Gasteiger partial charge on any atom is 0.227 e. The summed E-state index contributed by atoms with van der Waals surface area (Å²) in [5, 5.41) is 0. The highest BCUT2D eigenvalue weighted by atomic mass is 16.5. The van der Waals surface area contributed by atoms with Crippen molar-refractivity contribution in [2.45, 2.75) is 6.92 Å². The Labute approximate surface area is 128 Å². The summed E-state index contributed by atoms with van der Waals surface area (Å²) >= 11 is 0. The lowest BCUT2D eigenvalue weighted by atomic mass is 10.2. The van der Waals surface area contributed by atoms with Gasteiger partial charge in [0.2, 0.25) is 11.6 Å². The molecule has 0 aliphatic rings. The first-order chi connectivity index (χ1) is 10.7. The van der Waals surface area contributed by atoms with Gasteiger partial charge >= 0.3 is 0 Å². The van der Waals surface area contributed by atoms with Gasteiger partial charge in [-0.15, -0.1) is 0 Å². The Hall–Kier alpha value is -2.69. The van der Waals surface area contributed by atoms with Gasteiger partial charge in [-0.1, -0.05) is 6.07 Å². The van der Waals surface area contributed by atoms with Crippen LogP contribution in [0.5, 0.6) is 17.2 Å². The van der Waals surface area contributed by atoms with E-state index < -0.39 is 0 Å². The first kappa shape index (κ1) is 14.3. The van der Waals surface area contributed by atoms with E-state index in [4.69, 9.17) is 18.6 Å². The smallest absolute Gasteiger partial charge is 0.227 e. The second-order valence-corrected chi connectivity index (χ2v) is 4.90. The fourth-order valence-corrected chi connectivity index (χ4v) is 2.36. The second kappa shape index (κ2) is 5.60. The largest absolute Gasteiger partial charge is 0.493 e. The van der Waals surface area contributed by atoms with Gasteiger partial charge in [-0.3, -0.25) is 0 Å². The van der Waals surface area contributed by atoms with Gasteiger partial charge in [-0.2, -0.15) is 0 Å². The van der Waals surface area contributed by atoms with Crippen molar-refractivity contribution in [3.8, 4) is 28.7 Å². The SMILES string of the molecule is COc1cc(-c2nc3ccc(C)cc3o2)cc(OC)c1OC. The van der Waals surface area contributed by atoms with Crippen molar-refractivity contribution in [2.24, 2.45) is 0 Å². The third kappa shape index (κ3) is 2.35. The highest BCUT2D eigenvalue weighted by Gasteiger charge is 2.17. The number of nitrogens with zero attached hydrogens (tertiary/aromatic N) is 1. The fourth-order valence-electron chi connectivity index (χ4n) is 2.36. The minimum atomic E-state index is 0.514. The third-order valence-electron chi connectivity index (χ3n) is 3.46. The van der Waals surface area contributed by atoms with Crippen LogP contribution < -0.4 is 14.2 Å². The van der Waals surface area contributed by atoms with Gasteiger partial charge in [0.1, 0.15) is 5.52 Å². The van der Waals surface area contributed by atoms with Crippen LogP contribution >= 0.6 is 0 Å². The third-order valence-corrected chi connectivity index (χ3v) is 3.46. The maximum atomic E-state index is 5.84. The molecule has 0 aliphatic heterocycles. The molecule has 0 bridgehead atoms. The van der Waals surface area contributed by atoms with Crippen molar-refractivity contribution >= 4 is 11.1 Å². The average Bonchev–Trinajstić information content (AvgIpc) is 2.96. The number of hydrogen-bond donors (Lipinski definition) is 0. The number of benzene rings is 2. The Balaban J connectivity index is 2.17. The number of aromatic nitrogens is 1. The van der Waals surface area contributed by atoms with Crippen LogP contribution in [-0.4, -0.2) is 26.3 Å². The van der Waals surface area contributed by atoms with Gasteiger partial charge in [0.05, 0.1) is 21.3 Å². The molecular weight excluding hydrogens is 282 g/mol. The predicted octanol–water partition coefficient (Wildman–Crippen LogP) is 3.83. The summed E-state index contributed by atoms with van der Waals surface area (Å²) in [7, 11) is 4.73. The standard InChI is InChI=1S/C17H17NO4/c1-10-5-6-12-13(7-10)22-17(18-12)11-8-14(19-2)16(21-4)15(9-11)20-3/h5-9H,1-4H3. The molecule has 0 unspecified atom stereocenters. The molecule has 0 saturated carbocycles. The van der Waals surface area contributed by atoms with E-state index in [0.29, 0.717) is 23.1 Å². The molecule has 3 rings (SSSR count). The monoisotopic (exact) mass is 299 g/mol. The first-order valence-corrected chi connectivity index (χ1v) is 6.84. The van der Waals surface area contributed by atoms with Crippen molar-refractivity contribution in [3.63, 3.8) is 0 Å². The highest BCUT2D eigenvalue weighted by molar-refractivity contribution is 5.78. The van der Waals surface area contributed by atoms with Crippen molar-refractivity contribution in [1.29, 1.82) is 0 Å². The van der Waals surface area contributed by atoms with Crippen LogP contribution in [0.2, 0.25) is 0 Å². The van der Waals surface area contributed by atoms with E-state index in [0.717, 1.165) is 22.2 Å². The highest BCUT2D eigenvalue weighted by Crippen LogP contribution is 2.41. The van der Waals surface area contributed by atoms with E-state index >= 15 is 0 Å². The zero-order chi connectivity index (χ0) is 15.7. The lowest BCUT2D eigenvalue weighted by molar-refractivity contribution is 0.324. The van der Waals surface area contributed by atoms with Crippen LogP contribution in [-0.2, 0) is 0 Å². The molecule has 0 atom stereocenters. The van der Waals surface area contributed by atoms with Crippen molar-refractivity contribution in [2.75, 3.05) is 21.3 Å². The molecule has 0 aliphatic carbocycles. The first-order valence-electron chi connectivity index (χ1n) is 6.84. The van der Waals surface area contributed by atoms with Gasteiger partial charge in [0.25, 0.3) is 0 Å². The Morgan fingerprint density at radius 2 is 1.59 bits per heavy atom. The molecule has 1 aromatic heterocycles. The topological polar surface area (TPSA) is 53.7 Å². The molecule has 114 valence electrons. The van der Waals surface area contributed by atoms with Crippen molar-refractivity contribution in [3.05, 3.63) is 35.9 Å². The summed E-state index contributed by atoms with van der Waals surface area (Å²) in [4.78, 5) is 4.51. The van der Waals surface area contributed by atoms with Crippen molar-refractivity contribution < 1.29 is 18.6 Å². The quantitative estimate of drug-likeness (QED) is 0.733. The van der Waals surface area contributed by atoms with Gasteiger partial charge in [-0.25, -0.2) is 4.98 Å². The van der Waals surface area contributed by atoms with E-state index in [2.05, 4.69) is 4.98 Å². The number of hydrogen-bond acceptors (Lipinski definition) is 5. The molecule has 1 heterocycles. The number of rotatable bonds is 4. The summed E-state index contributed by atoms with van der Waals surface area (Å²) in [6.07, 6.45) is 0. The normalized spacial score (nSPS) is 10.7. The number of ether oxygens (including phenoxy) is 3. The van der Waals surface area contributed by atoms with Gasteiger partial charge in [0, 0.05) is 5.56 Å². The summed E-state index contributed by atoms with van der Waals surface area (Å²) in [6, 6.07) is 9.54. The van der Waals surface area contributed by atoms with Crippen molar-refractivity contribution in [1.82, 2.24) is 4.98 Å². The molecule has 3 aromatic rings. The van der Waals surface area contributed by atoms with Gasteiger partial charge < -0.3 is 18.6 Å². The van der Waals surface area contributed by atoms with E-state index in [-0.39, 0.29) is 0 Å². The summed E-state index contributed by atoms with van der Waals surface area (Å²) < 4.78 is 21.9. The maximum absolute atomic E-state index is 5.84. The van der Waals surface area contributed by atoms with E-state index in [1.807, 2.05) is 37.3 Å². The van der Waals surface area contributed by atoms with Gasteiger partial charge in [0.15, 0.2) is 17.1 Å². The molecule has 5 heteroatoms. The number of aryl methyl sites for hydroxylation is 1. The number of methoxy groups -OCH3 is 3. The fraction of sp³-hybridized carbons (Fsp3) is 0.235. The van der Waals surface area contributed by atoms with Crippen LogP contribution in [0.1, 0.15) is 5.56 Å². The molecule has 5 nitrogen and oxygen atoms in total. The number of fused-ring (bicyclic) bond motifs is 1. The molecule has 0 fully saturated rings. The molecule has 0 N–H and O–H groups in total. The predicted molar refractivity (Wildman–Crippen MR) is 83.8 cm³/mol. The van der Waals surface area contributed by atoms with E-state index in [1.54, 1.807) is 21.3 Å². The summed E-state index contributed by atoms with van der Waals surface area (Å²) in [5.74, 6) is 2.19. The number of oxazole rings is 1. The molecule has 0 amide bonds. The molecule has 0 saturated heterocycles. The van der Waals surface area contributed by atoms with Crippen LogP contribution in [0.3, 0.4) is 0 Å². The van der Waals surface area contributed by atoms with Crippen LogP contribution in [0, 0.1) is 6.92 Å². The average molecular weight is 299 g/mol. The Morgan fingerprint density at radius 1 is 0.909 bits per heavy atom. The lowest BCUT2D eigenvalue weighted by Crippen LogP contribution is -1.95. The van der Waals surface area contributed by atoms with Crippen LogP contribution in [0.4, 0.5) is 0 Å². The molecule has 22 heavy (non-hydrogen) atoms. The Bertz CT molecular complexity index is 798. The molecule has 0 radical (unpaired) electrons. The zero-order valence-corrected chi connectivity index (χ0v) is 13.0. The van der Waals surface area contributed by atoms with Gasteiger partial charge in [-0.05, 0) is 36.8 Å². The molecule has 2 aromatic carbocycles. The van der Waals surface area contributed by atoms with E-state index in [1.165, 1.54) is 0 Å².